The minimum atomic E-state index is 0.0000673. The monoisotopic (exact) mass is 850 g/mol. The van der Waals surface area contributed by atoms with Crippen LogP contribution in [-0.2, 0) is 10.8 Å². The molecule has 10 aromatic carbocycles. The zero-order chi connectivity index (χ0) is 45.2. The van der Waals surface area contributed by atoms with Gasteiger partial charge in [-0.2, -0.15) is 0 Å². The van der Waals surface area contributed by atoms with Crippen LogP contribution in [0.3, 0.4) is 0 Å². The summed E-state index contributed by atoms with van der Waals surface area (Å²) in [6.07, 6.45) is 0. The van der Waals surface area contributed by atoms with Crippen LogP contribution in [-0.4, -0.2) is 4.57 Å². The van der Waals surface area contributed by atoms with E-state index in [1.54, 1.807) is 0 Å². The van der Waals surface area contributed by atoms with Gasteiger partial charge in [0, 0.05) is 33.1 Å². The van der Waals surface area contributed by atoms with E-state index in [9.17, 15) is 0 Å². The van der Waals surface area contributed by atoms with E-state index in [1.807, 2.05) is 0 Å². The van der Waals surface area contributed by atoms with Crippen molar-refractivity contribution in [2.24, 2.45) is 0 Å². The normalized spacial score (nSPS) is 12.1. The highest BCUT2D eigenvalue weighted by atomic mass is 15.1. The van der Waals surface area contributed by atoms with E-state index in [0.29, 0.717) is 0 Å². The van der Waals surface area contributed by atoms with Crippen molar-refractivity contribution < 1.29 is 0 Å². The first-order valence-electron chi connectivity index (χ1n) is 23.3. The van der Waals surface area contributed by atoms with Gasteiger partial charge in [-0.05, 0) is 121 Å². The highest BCUT2D eigenvalue weighted by molar-refractivity contribution is 6.12. The number of hydrogen-bond donors (Lipinski definition) is 0. The number of rotatable bonds is 7. The Hall–Kier alpha value is -7.68. The lowest BCUT2D eigenvalue weighted by Gasteiger charge is -2.30. The first-order chi connectivity index (χ1) is 32.0. The molecule has 66 heavy (non-hydrogen) atoms. The van der Waals surface area contributed by atoms with Gasteiger partial charge < -0.3 is 9.47 Å². The third-order valence-electron chi connectivity index (χ3n) is 13.5. The average Bonchev–Trinajstić information content (AvgIpc) is 3.67. The third-order valence-corrected chi connectivity index (χ3v) is 13.5. The molecule has 1 heterocycles. The number of anilines is 3. The molecular weight excluding hydrogens is 797 g/mol. The van der Waals surface area contributed by atoms with Crippen LogP contribution >= 0.6 is 0 Å². The zero-order valence-corrected chi connectivity index (χ0v) is 38.7. The molecule has 0 N–H and O–H groups in total. The van der Waals surface area contributed by atoms with Gasteiger partial charge in [-0.15, -0.1) is 0 Å². The Labute approximate surface area is 389 Å². The van der Waals surface area contributed by atoms with Gasteiger partial charge in [0.25, 0.3) is 0 Å². The lowest BCUT2D eigenvalue weighted by molar-refractivity contribution is 0.569. The molecule has 0 amide bonds. The Kier molecular flexibility index (Phi) is 10.0. The van der Waals surface area contributed by atoms with Gasteiger partial charge in [0.05, 0.1) is 22.4 Å². The molecule has 0 bridgehead atoms. The van der Waals surface area contributed by atoms with Crippen LogP contribution in [0.15, 0.2) is 218 Å². The molecule has 0 aliphatic rings. The molecule has 0 fully saturated rings. The average molecular weight is 851 g/mol. The molecule has 0 radical (unpaired) electrons. The molecule has 0 atom stereocenters. The fraction of sp³-hybridized carbons (Fsp3) is 0.125. The Bertz CT molecular complexity index is 3550. The topological polar surface area (TPSA) is 8.17 Å². The second kappa shape index (κ2) is 16.1. The van der Waals surface area contributed by atoms with E-state index in [1.165, 1.54) is 93.5 Å². The van der Waals surface area contributed by atoms with Crippen molar-refractivity contribution in [3.63, 3.8) is 0 Å². The summed E-state index contributed by atoms with van der Waals surface area (Å²) >= 11 is 0. The molecule has 1 aromatic heterocycles. The van der Waals surface area contributed by atoms with Gasteiger partial charge in [0.2, 0.25) is 0 Å². The number of para-hydroxylation sites is 3. The van der Waals surface area contributed by atoms with Crippen molar-refractivity contribution in [2.75, 3.05) is 4.90 Å². The Morgan fingerprint density at radius 2 is 0.894 bits per heavy atom. The molecular formula is C64H54N2. The third kappa shape index (κ3) is 7.24. The maximum atomic E-state index is 2.47. The summed E-state index contributed by atoms with van der Waals surface area (Å²) in [5, 5.41) is 7.39. The highest BCUT2D eigenvalue weighted by Gasteiger charge is 2.24. The van der Waals surface area contributed by atoms with E-state index in [0.717, 1.165) is 17.1 Å². The van der Waals surface area contributed by atoms with Crippen LogP contribution < -0.4 is 4.90 Å². The molecule has 0 saturated carbocycles. The lowest BCUT2D eigenvalue weighted by Crippen LogP contribution is -2.16. The largest absolute Gasteiger partial charge is 0.309 e. The summed E-state index contributed by atoms with van der Waals surface area (Å²) in [6.45, 7) is 13.9. The maximum Gasteiger partial charge on any atom is 0.0541 e. The summed E-state index contributed by atoms with van der Waals surface area (Å²) < 4.78 is 2.38. The molecule has 11 rings (SSSR count). The molecule has 2 heteroatoms. The minimum absolute atomic E-state index is 0.0000673. The van der Waals surface area contributed by atoms with E-state index >= 15 is 0 Å². The maximum absolute atomic E-state index is 2.47. The Morgan fingerprint density at radius 1 is 0.348 bits per heavy atom. The van der Waals surface area contributed by atoms with Gasteiger partial charge in [-0.3, -0.25) is 0 Å². The summed E-state index contributed by atoms with van der Waals surface area (Å²) in [4.78, 5) is 2.47. The second-order valence-corrected chi connectivity index (χ2v) is 19.8. The number of aromatic nitrogens is 1. The van der Waals surface area contributed by atoms with Crippen LogP contribution in [0.4, 0.5) is 17.1 Å². The predicted molar refractivity (Wildman–Crippen MR) is 284 cm³/mol. The Balaban J connectivity index is 1.08. The first kappa shape index (κ1) is 41.1. The summed E-state index contributed by atoms with van der Waals surface area (Å²) in [6, 6.07) is 80.8. The van der Waals surface area contributed by atoms with E-state index in [-0.39, 0.29) is 10.8 Å². The van der Waals surface area contributed by atoms with Crippen molar-refractivity contribution >= 4 is 60.4 Å². The number of fused-ring (bicyclic) bond motifs is 5. The molecule has 0 saturated heterocycles. The van der Waals surface area contributed by atoms with Gasteiger partial charge in [0.1, 0.15) is 0 Å². The summed E-state index contributed by atoms with van der Waals surface area (Å²) in [5.74, 6) is 0. The lowest BCUT2D eigenvalue weighted by atomic mass is 9.78. The van der Waals surface area contributed by atoms with Crippen LogP contribution in [0, 0.1) is 0 Å². The summed E-state index contributed by atoms with van der Waals surface area (Å²) in [5.41, 5.74) is 16.9. The van der Waals surface area contributed by atoms with E-state index in [4.69, 9.17) is 0 Å². The van der Waals surface area contributed by atoms with Gasteiger partial charge in [-0.25, -0.2) is 0 Å². The zero-order valence-electron chi connectivity index (χ0n) is 38.7. The minimum Gasteiger partial charge on any atom is -0.309 e. The van der Waals surface area contributed by atoms with Crippen LogP contribution in [0.25, 0.3) is 82.4 Å². The van der Waals surface area contributed by atoms with Gasteiger partial charge in [-0.1, -0.05) is 205 Å². The van der Waals surface area contributed by atoms with E-state index < -0.39 is 0 Å². The molecule has 0 aliphatic carbocycles. The molecule has 11 aromatic rings. The second-order valence-electron chi connectivity index (χ2n) is 19.8. The van der Waals surface area contributed by atoms with Gasteiger partial charge in [0.15, 0.2) is 0 Å². The number of nitrogens with zero attached hydrogens (tertiary/aromatic N) is 2. The Morgan fingerprint density at radius 3 is 1.64 bits per heavy atom. The van der Waals surface area contributed by atoms with Crippen molar-refractivity contribution in [3.05, 3.63) is 230 Å². The predicted octanol–water partition coefficient (Wildman–Crippen LogP) is 18.2. The smallest absolute Gasteiger partial charge is 0.0541 e. The van der Waals surface area contributed by atoms with Crippen LogP contribution in [0.5, 0.6) is 0 Å². The van der Waals surface area contributed by atoms with Crippen molar-refractivity contribution in [2.45, 2.75) is 52.4 Å². The van der Waals surface area contributed by atoms with Crippen LogP contribution in [0.1, 0.15) is 52.7 Å². The molecule has 0 aliphatic heterocycles. The number of hydrogen-bond acceptors (Lipinski definition) is 1. The van der Waals surface area contributed by atoms with Crippen molar-refractivity contribution in [1.29, 1.82) is 0 Å². The number of benzene rings is 10. The molecule has 320 valence electrons. The fourth-order valence-corrected chi connectivity index (χ4v) is 9.97. The molecule has 0 spiro atoms. The first-order valence-corrected chi connectivity index (χ1v) is 23.3. The SMILES string of the molecule is CC(C)(C)c1cc(-c2cccc3cccc(-c4ccccc4N(c4ccc(-c5ccc6c(c5)c5ccccc5n6-c5ccccc5)cc4)c4cccc5ccccc45)c23)cc(C(C)(C)C)c1. The standard InChI is InChI=1S/C64H54N2/c1-63(2,3)48-39-47(40-49(42-48)64(4,5)6)53-28-16-21-45-22-17-29-56(62(45)53)54-26-12-14-30-59(54)66(58-32-18-20-44-19-10-11-25-52(44)58)51-36-33-43(34-37-51)46-35-38-61-57(41-46)55-27-13-15-31-60(55)65(61)50-23-8-7-9-24-50/h7-42H,1-6H3. The summed E-state index contributed by atoms with van der Waals surface area (Å²) in [7, 11) is 0. The van der Waals surface area contributed by atoms with Crippen molar-refractivity contribution in [3.8, 4) is 39.1 Å². The molecule has 0 unspecified atom stereocenters. The quantitative estimate of drug-likeness (QED) is 0.155. The highest BCUT2D eigenvalue weighted by Crippen LogP contribution is 2.47. The fourth-order valence-electron chi connectivity index (χ4n) is 9.97. The van der Waals surface area contributed by atoms with E-state index in [2.05, 4.69) is 269 Å². The van der Waals surface area contributed by atoms with Gasteiger partial charge >= 0.3 is 0 Å². The van der Waals surface area contributed by atoms with Crippen LogP contribution in [0.2, 0.25) is 0 Å². The van der Waals surface area contributed by atoms with Crippen molar-refractivity contribution in [1.82, 2.24) is 4.57 Å². The molecule has 2 nitrogen and oxygen atoms in total.